The first-order chi connectivity index (χ1) is 44.4. The van der Waals surface area contributed by atoms with E-state index in [2.05, 4.69) is 292 Å². The zero-order valence-electron chi connectivity index (χ0n) is 51.6. The van der Waals surface area contributed by atoms with E-state index in [1.807, 2.05) is 36.4 Å². The summed E-state index contributed by atoms with van der Waals surface area (Å²) in [5.41, 5.74) is 24.4. The summed E-state index contributed by atoms with van der Waals surface area (Å²) in [7, 11) is 0. The van der Waals surface area contributed by atoms with E-state index in [0.29, 0.717) is 17.5 Å². The van der Waals surface area contributed by atoms with Gasteiger partial charge in [0.2, 0.25) is 0 Å². The lowest BCUT2D eigenvalue weighted by atomic mass is 9.33. The maximum Gasteiger partial charge on any atom is 0.252 e. The van der Waals surface area contributed by atoms with Gasteiger partial charge in [0.15, 0.2) is 23.1 Å². The highest BCUT2D eigenvalue weighted by molar-refractivity contribution is 7.00. The molecule has 0 N–H and O–H groups in total. The quantitative estimate of drug-likeness (QED) is 0.141. The highest BCUT2D eigenvalue weighted by Gasteiger charge is 2.46. The molecule has 0 radical (unpaired) electrons. The molecular formula is C83H63BN6O. The number of aromatic nitrogens is 4. The van der Waals surface area contributed by atoms with Crippen LogP contribution in [-0.4, -0.2) is 26.2 Å². The van der Waals surface area contributed by atoms with Crippen molar-refractivity contribution in [3.63, 3.8) is 0 Å². The van der Waals surface area contributed by atoms with Gasteiger partial charge in [-0.1, -0.05) is 254 Å². The summed E-state index contributed by atoms with van der Waals surface area (Å²) in [6, 6.07) is 99.4. The molecule has 15 aromatic rings. The van der Waals surface area contributed by atoms with Crippen LogP contribution in [0.25, 0.3) is 106 Å². The van der Waals surface area contributed by atoms with Crippen molar-refractivity contribution in [1.82, 2.24) is 19.5 Å². The van der Waals surface area contributed by atoms with Crippen molar-refractivity contribution in [2.24, 2.45) is 0 Å². The van der Waals surface area contributed by atoms with Gasteiger partial charge in [-0.25, -0.2) is 15.0 Å². The van der Waals surface area contributed by atoms with Crippen LogP contribution in [0, 0.1) is 0 Å². The van der Waals surface area contributed by atoms with Crippen molar-refractivity contribution in [3.05, 3.63) is 284 Å². The Balaban J connectivity index is 1.00. The van der Waals surface area contributed by atoms with Crippen molar-refractivity contribution >= 4 is 101 Å². The number of nitrogens with zero attached hydrogens (tertiary/aromatic N) is 6. The van der Waals surface area contributed by atoms with Gasteiger partial charge >= 0.3 is 0 Å². The third kappa shape index (κ3) is 8.83. The number of benzene rings is 12. The number of hydrogen-bond acceptors (Lipinski definition) is 6. The van der Waals surface area contributed by atoms with Crippen LogP contribution in [0.15, 0.2) is 277 Å². The lowest BCUT2D eigenvalue weighted by Gasteiger charge is -2.45. The van der Waals surface area contributed by atoms with E-state index in [9.17, 15) is 0 Å². The van der Waals surface area contributed by atoms with Crippen LogP contribution < -0.4 is 26.2 Å². The average Bonchev–Trinajstić information content (AvgIpc) is 1.65. The first-order valence-corrected chi connectivity index (χ1v) is 31.5. The number of anilines is 6. The second kappa shape index (κ2) is 20.8. The fourth-order valence-corrected chi connectivity index (χ4v) is 14.3. The Bertz CT molecular complexity index is 5280. The van der Waals surface area contributed by atoms with Crippen LogP contribution in [0.4, 0.5) is 34.1 Å². The third-order valence-corrected chi connectivity index (χ3v) is 18.8. The molecule has 0 saturated heterocycles. The van der Waals surface area contributed by atoms with Crippen molar-refractivity contribution in [3.8, 4) is 62.1 Å². The Kier molecular flexibility index (Phi) is 12.3. The predicted molar refractivity (Wildman–Crippen MR) is 380 cm³/mol. The third-order valence-electron chi connectivity index (χ3n) is 18.8. The van der Waals surface area contributed by atoms with Crippen LogP contribution in [0.1, 0.15) is 52.7 Å². The molecule has 0 saturated carbocycles. The molecule has 0 unspecified atom stereocenters. The van der Waals surface area contributed by atoms with Crippen molar-refractivity contribution < 1.29 is 4.42 Å². The number of para-hydroxylation sites is 5. The minimum absolute atomic E-state index is 0.00620. The summed E-state index contributed by atoms with van der Waals surface area (Å²) in [4.78, 5) is 21.0. The standard InChI is InChI=1S/C83H63BN6O/c1-82(2,3)57-42-37-52(38-43-57)60-27-13-18-32-68(60)89-72-48-46-59(88-70-34-20-15-29-62(70)63-30-16-21-35-71(63)88)50-67(72)84-66-47-41-56(81-86-79(54-23-9-7-10-24-54)85-80(87-81)55-25-11-8-12-26-55)49-73(66)90(69-33-19-14-28-61(69)53-39-44-58(45-40-53)83(4,5)6)77-76(84)74(89)51-65-64-31-17-22-36-75(64)91-78(65)77/h7-51H,1-6H3. The van der Waals surface area contributed by atoms with E-state index in [4.69, 9.17) is 19.4 Å². The molecule has 2 aliphatic heterocycles. The fourth-order valence-electron chi connectivity index (χ4n) is 14.3. The van der Waals surface area contributed by atoms with Gasteiger partial charge in [-0.05, 0) is 110 Å². The van der Waals surface area contributed by atoms with Gasteiger partial charge in [-0.3, -0.25) is 0 Å². The minimum Gasteiger partial charge on any atom is -0.454 e. The van der Waals surface area contributed by atoms with Crippen LogP contribution in [-0.2, 0) is 10.8 Å². The minimum atomic E-state index is -0.309. The Morgan fingerprint density at radius 2 is 0.824 bits per heavy atom. The molecular weight excluding hydrogens is 1110 g/mol. The van der Waals surface area contributed by atoms with E-state index < -0.39 is 0 Å². The lowest BCUT2D eigenvalue weighted by molar-refractivity contribution is 0.590. The molecule has 434 valence electrons. The fraction of sp³-hybridized carbons (Fsp3) is 0.0964. The second-order valence-corrected chi connectivity index (χ2v) is 26.4. The monoisotopic (exact) mass is 1170 g/mol. The molecule has 5 heterocycles. The Hall–Kier alpha value is -11.1. The summed E-state index contributed by atoms with van der Waals surface area (Å²) in [5, 5.41) is 4.50. The molecule has 17 rings (SSSR count). The van der Waals surface area contributed by atoms with Gasteiger partial charge in [-0.2, -0.15) is 0 Å². The molecule has 7 nitrogen and oxygen atoms in total. The van der Waals surface area contributed by atoms with E-state index in [1.165, 1.54) is 27.4 Å². The van der Waals surface area contributed by atoms with Crippen molar-refractivity contribution in [2.75, 3.05) is 9.80 Å². The highest BCUT2D eigenvalue weighted by atomic mass is 16.3. The highest BCUT2D eigenvalue weighted by Crippen LogP contribution is 2.53. The zero-order valence-corrected chi connectivity index (χ0v) is 51.6. The molecule has 8 heteroatoms. The average molecular weight is 1170 g/mol. The van der Waals surface area contributed by atoms with Crippen molar-refractivity contribution in [2.45, 2.75) is 52.4 Å². The van der Waals surface area contributed by atoms with Gasteiger partial charge in [0.1, 0.15) is 5.58 Å². The van der Waals surface area contributed by atoms with E-state index in [0.717, 1.165) is 123 Å². The zero-order chi connectivity index (χ0) is 61.3. The van der Waals surface area contributed by atoms with Crippen molar-refractivity contribution in [1.29, 1.82) is 0 Å². The summed E-state index contributed by atoms with van der Waals surface area (Å²) in [6.45, 7) is 13.4. The summed E-state index contributed by atoms with van der Waals surface area (Å²) < 4.78 is 9.93. The smallest absolute Gasteiger partial charge is 0.252 e. The van der Waals surface area contributed by atoms with Crippen LogP contribution in [0.5, 0.6) is 0 Å². The molecule has 0 spiro atoms. The molecule has 12 aromatic carbocycles. The second-order valence-electron chi connectivity index (χ2n) is 26.4. The van der Waals surface area contributed by atoms with Crippen LogP contribution in [0.2, 0.25) is 0 Å². The number of fused-ring (bicyclic) bond motifs is 11. The molecule has 2 aliphatic rings. The molecule has 0 bridgehead atoms. The van der Waals surface area contributed by atoms with Gasteiger partial charge in [-0.15, -0.1) is 0 Å². The SMILES string of the molecule is CC(C)(C)c1ccc(-c2ccccc2N2c3ccc(-n4c5ccccc5c5ccccc54)cc3B3c4ccc(-c5nc(-c6ccccc6)nc(-c6ccccc6)n5)cc4N(c4ccccc4-c4ccc(C(C)(C)C)cc4)c4c3c2cc2c4oc3ccccc32)cc1. The topological polar surface area (TPSA) is 63.2 Å². The molecule has 3 aromatic heterocycles. The van der Waals surface area contributed by atoms with Crippen LogP contribution >= 0.6 is 0 Å². The lowest BCUT2D eigenvalue weighted by Crippen LogP contribution is -2.61. The Morgan fingerprint density at radius 1 is 0.341 bits per heavy atom. The Morgan fingerprint density at radius 3 is 1.40 bits per heavy atom. The number of hydrogen-bond donors (Lipinski definition) is 0. The largest absolute Gasteiger partial charge is 0.454 e. The maximum atomic E-state index is 7.47. The molecule has 0 fully saturated rings. The summed E-state index contributed by atoms with van der Waals surface area (Å²) in [6.07, 6.45) is 0. The summed E-state index contributed by atoms with van der Waals surface area (Å²) in [5.74, 6) is 1.78. The summed E-state index contributed by atoms with van der Waals surface area (Å²) >= 11 is 0. The number of rotatable bonds is 8. The van der Waals surface area contributed by atoms with Gasteiger partial charge in [0.25, 0.3) is 6.71 Å². The normalized spacial score (nSPS) is 12.9. The first kappa shape index (κ1) is 54.1. The molecule has 0 atom stereocenters. The van der Waals surface area contributed by atoms with Gasteiger partial charge in [0.05, 0.1) is 28.1 Å². The van der Waals surface area contributed by atoms with Gasteiger partial charge < -0.3 is 18.8 Å². The van der Waals surface area contributed by atoms with Gasteiger partial charge in [0, 0.05) is 72.1 Å². The molecule has 0 aliphatic carbocycles. The number of furan rings is 1. The predicted octanol–water partition coefficient (Wildman–Crippen LogP) is 19.9. The molecule has 0 amide bonds. The van der Waals surface area contributed by atoms with Crippen LogP contribution in [0.3, 0.4) is 0 Å². The Labute approximate surface area is 530 Å². The van der Waals surface area contributed by atoms with E-state index >= 15 is 0 Å². The first-order valence-electron chi connectivity index (χ1n) is 31.5. The molecule has 91 heavy (non-hydrogen) atoms. The van der Waals surface area contributed by atoms with E-state index in [1.54, 1.807) is 0 Å². The van der Waals surface area contributed by atoms with E-state index in [-0.39, 0.29) is 17.5 Å². The maximum absolute atomic E-state index is 7.47.